The Balaban J connectivity index is 3.31. The molecular formula is C13H28O2. The molecule has 0 aliphatic rings. The average molecular weight is 216 g/mol. The minimum absolute atomic E-state index is 0.344. The van der Waals surface area contributed by atoms with E-state index in [2.05, 4.69) is 6.92 Å². The molecule has 15 heavy (non-hydrogen) atoms. The molecule has 0 spiro atoms. The zero-order valence-corrected chi connectivity index (χ0v) is 10.6. The first-order valence-electron chi connectivity index (χ1n) is 6.37. The van der Waals surface area contributed by atoms with Crippen molar-refractivity contribution in [2.24, 2.45) is 5.41 Å². The first-order chi connectivity index (χ1) is 7.00. The minimum Gasteiger partial charge on any atom is -0.368 e. The highest BCUT2D eigenvalue weighted by molar-refractivity contribution is 4.70. The van der Waals surface area contributed by atoms with Crippen LogP contribution in [0.3, 0.4) is 0 Å². The van der Waals surface area contributed by atoms with Gasteiger partial charge >= 0.3 is 0 Å². The van der Waals surface area contributed by atoms with Crippen molar-refractivity contribution in [3.63, 3.8) is 0 Å². The van der Waals surface area contributed by atoms with E-state index in [4.69, 9.17) is 10.2 Å². The fourth-order valence-electron chi connectivity index (χ4n) is 1.67. The van der Waals surface area contributed by atoms with Gasteiger partial charge in [0.05, 0.1) is 0 Å². The van der Waals surface area contributed by atoms with Gasteiger partial charge in [0.2, 0.25) is 0 Å². The molecule has 0 saturated heterocycles. The van der Waals surface area contributed by atoms with E-state index in [1.807, 2.05) is 13.8 Å². The molecule has 0 rings (SSSR count). The van der Waals surface area contributed by atoms with E-state index in [1.54, 1.807) is 0 Å². The SMILES string of the molecule is CCCCCCCCCC(C)(C)C(O)O. The predicted molar refractivity (Wildman–Crippen MR) is 64.6 cm³/mol. The highest BCUT2D eigenvalue weighted by atomic mass is 16.5. The van der Waals surface area contributed by atoms with Gasteiger partial charge in [0.25, 0.3) is 0 Å². The van der Waals surface area contributed by atoms with Gasteiger partial charge in [-0.25, -0.2) is 0 Å². The average Bonchev–Trinajstić information content (AvgIpc) is 2.16. The summed E-state index contributed by atoms with van der Waals surface area (Å²) in [6.07, 6.45) is 8.66. The van der Waals surface area contributed by atoms with Gasteiger partial charge in [-0.1, -0.05) is 65.7 Å². The Morgan fingerprint density at radius 1 is 0.867 bits per heavy atom. The monoisotopic (exact) mass is 216 g/mol. The molecule has 0 atom stereocenters. The Hall–Kier alpha value is -0.0800. The molecule has 0 radical (unpaired) electrons. The second kappa shape index (κ2) is 8.12. The van der Waals surface area contributed by atoms with Crippen LogP contribution >= 0.6 is 0 Å². The largest absolute Gasteiger partial charge is 0.368 e. The van der Waals surface area contributed by atoms with Crippen molar-refractivity contribution in [3.8, 4) is 0 Å². The number of aliphatic hydroxyl groups is 2. The summed E-state index contributed by atoms with van der Waals surface area (Å²) in [5, 5.41) is 18.2. The van der Waals surface area contributed by atoms with Crippen LogP contribution in [0.1, 0.15) is 72.1 Å². The molecule has 0 saturated carbocycles. The maximum absolute atomic E-state index is 9.11. The molecule has 0 aliphatic carbocycles. The van der Waals surface area contributed by atoms with Crippen molar-refractivity contribution in [1.82, 2.24) is 0 Å². The standard InChI is InChI=1S/C13H28O2/c1-4-5-6-7-8-9-10-11-13(2,3)12(14)15/h12,14-15H,4-11H2,1-3H3. The van der Waals surface area contributed by atoms with Crippen LogP contribution in [0.4, 0.5) is 0 Å². The summed E-state index contributed by atoms with van der Waals surface area (Å²) in [6.45, 7) is 6.05. The molecule has 2 N–H and O–H groups in total. The third-order valence-electron chi connectivity index (χ3n) is 3.12. The first kappa shape index (κ1) is 14.9. The summed E-state index contributed by atoms with van der Waals surface area (Å²) in [4.78, 5) is 0. The minimum atomic E-state index is -1.18. The Labute approximate surface area is 94.7 Å². The number of aliphatic hydroxyl groups excluding tert-OH is 1. The van der Waals surface area contributed by atoms with Gasteiger partial charge in [-0.05, 0) is 6.42 Å². The first-order valence-corrected chi connectivity index (χ1v) is 6.37. The van der Waals surface area contributed by atoms with Crippen molar-refractivity contribution in [1.29, 1.82) is 0 Å². The number of rotatable bonds is 9. The van der Waals surface area contributed by atoms with Crippen LogP contribution in [0, 0.1) is 5.41 Å². The topological polar surface area (TPSA) is 40.5 Å². The maximum Gasteiger partial charge on any atom is 0.156 e. The number of hydrogen-bond acceptors (Lipinski definition) is 2. The molecule has 0 aromatic carbocycles. The third-order valence-corrected chi connectivity index (χ3v) is 3.12. The lowest BCUT2D eigenvalue weighted by Crippen LogP contribution is -2.28. The third kappa shape index (κ3) is 7.80. The second-order valence-corrected chi connectivity index (χ2v) is 5.23. The summed E-state index contributed by atoms with van der Waals surface area (Å²) < 4.78 is 0. The van der Waals surface area contributed by atoms with Crippen molar-refractivity contribution >= 4 is 0 Å². The van der Waals surface area contributed by atoms with Crippen LogP contribution < -0.4 is 0 Å². The zero-order valence-electron chi connectivity index (χ0n) is 10.6. The van der Waals surface area contributed by atoms with Gasteiger partial charge in [0.1, 0.15) is 0 Å². The molecule has 0 aromatic rings. The van der Waals surface area contributed by atoms with E-state index in [1.165, 1.54) is 38.5 Å². The van der Waals surface area contributed by atoms with Crippen LogP contribution in [0.5, 0.6) is 0 Å². The lowest BCUT2D eigenvalue weighted by atomic mass is 9.86. The molecule has 92 valence electrons. The molecule has 0 bridgehead atoms. The molecule has 2 nitrogen and oxygen atoms in total. The van der Waals surface area contributed by atoms with Crippen LogP contribution in [-0.4, -0.2) is 16.5 Å². The normalized spacial score (nSPS) is 12.4. The van der Waals surface area contributed by atoms with Gasteiger partial charge in [0.15, 0.2) is 6.29 Å². The highest BCUT2D eigenvalue weighted by Crippen LogP contribution is 2.26. The van der Waals surface area contributed by atoms with Crippen LogP contribution in [0.15, 0.2) is 0 Å². The Bertz CT molecular complexity index is 141. The lowest BCUT2D eigenvalue weighted by Gasteiger charge is -2.26. The van der Waals surface area contributed by atoms with Crippen molar-refractivity contribution in [3.05, 3.63) is 0 Å². The fraction of sp³-hybridized carbons (Fsp3) is 1.00. The van der Waals surface area contributed by atoms with E-state index in [0.717, 1.165) is 12.8 Å². The molecule has 0 fully saturated rings. The fourth-order valence-corrected chi connectivity index (χ4v) is 1.67. The molecule has 0 amide bonds. The summed E-state index contributed by atoms with van der Waals surface area (Å²) in [5.74, 6) is 0. The Morgan fingerprint density at radius 2 is 1.33 bits per heavy atom. The molecule has 0 heterocycles. The van der Waals surface area contributed by atoms with Crippen molar-refractivity contribution < 1.29 is 10.2 Å². The van der Waals surface area contributed by atoms with E-state index in [9.17, 15) is 0 Å². The summed E-state index contributed by atoms with van der Waals surface area (Å²) in [6, 6.07) is 0. The molecule has 2 heteroatoms. The molecular weight excluding hydrogens is 188 g/mol. The number of hydrogen-bond donors (Lipinski definition) is 2. The predicted octanol–water partition coefficient (Wildman–Crippen LogP) is 3.46. The van der Waals surface area contributed by atoms with Crippen molar-refractivity contribution in [2.75, 3.05) is 0 Å². The van der Waals surface area contributed by atoms with Gasteiger partial charge in [0, 0.05) is 5.41 Å². The van der Waals surface area contributed by atoms with Crippen LogP contribution in [-0.2, 0) is 0 Å². The van der Waals surface area contributed by atoms with Crippen LogP contribution in [0.25, 0.3) is 0 Å². The maximum atomic E-state index is 9.11. The quantitative estimate of drug-likeness (QED) is 0.458. The van der Waals surface area contributed by atoms with Crippen LogP contribution in [0.2, 0.25) is 0 Å². The lowest BCUT2D eigenvalue weighted by molar-refractivity contribution is -0.124. The second-order valence-electron chi connectivity index (χ2n) is 5.23. The smallest absolute Gasteiger partial charge is 0.156 e. The Morgan fingerprint density at radius 3 is 1.80 bits per heavy atom. The van der Waals surface area contributed by atoms with Gasteiger partial charge in [-0.2, -0.15) is 0 Å². The Kier molecular flexibility index (Phi) is 8.07. The zero-order chi connectivity index (χ0) is 11.7. The summed E-state index contributed by atoms with van der Waals surface area (Å²) in [7, 11) is 0. The highest BCUT2D eigenvalue weighted by Gasteiger charge is 2.24. The van der Waals surface area contributed by atoms with E-state index < -0.39 is 6.29 Å². The van der Waals surface area contributed by atoms with E-state index in [0.29, 0.717) is 0 Å². The summed E-state index contributed by atoms with van der Waals surface area (Å²) >= 11 is 0. The van der Waals surface area contributed by atoms with Gasteiger partial charge in [-0.15, -0.1) is 0 Å². The van der Waals surface area contributed by atoms with Crippen molar-refractivity contribution in [2.45, 2.75) is 78.4 Å². The van der Waals surface area contributed by atoms with Gasteiger partial charge in [-0.3, -0.25) is 0 Å². The molecule has 0 aromatic heterocycles. The van der Waals surface area contributed by atoms with E-state index in [-0.39, 0.29) is 5.41 Å². The van der Waals surface area contributed by atoms with E-state index >= 15 is 0 Å². The molecule has 0 unspecified atom stereocenters. The summed E-state index contributed by atoms with van der Waals surface area (Å²) in [5.41, 5.74) is -0.344. The molecule has 0 aliphatic heterocycles. The van der Waals surface area contributed by atoms with Gasteiger partial charge < -0.3 is 10.2 Å². The number of unbranched alkanes of at least 4 members (excludes halogenated alkanes) is 6.